The monoisotopic (exact) mass is 285 g/mol. The minimum atomic E-state index is -0.866. The third-order valence-electron chi connectivity index (χ3n) is 3.74. The van der Waals surface area contributed by atoms with Crippen molar-refractivity contribution in [3.63, 3.8) is 0 Å². The second-order valence-electron chi connectivity index (χ2n) is 5.73. The smallest absolute Gasteiger partial charge is 0.314 e. The summed E-state index contributed by atoms with van der Waals surface area (Å²) in [6.07, 6.45) is 3.49. The second-order valence-corrected chi connectivity index (χ2v) is 5.73. The lowest BCUT2D eigenvalue weighted by molar-refractivity contribution is -0.142. The summed E-state index contributed by atoms with van der Waals surface area (Å²) in [6.45, 7) is 7.83. The van der Waals surface area contributed by atoms with Gasteiger partial charge in [-0.1, -0.05) is 13.8 Å². The summed E-state index contributed by atoms with van der Waals surface area (Å²) in [5, 5.41) is 14.4. The van der Waals surface area contributed by atoms with Gasteiger partial charge in [0.25, 0.3) is 0 Å². The molecule has 0 radical (unpaired) electrons. The van der Waals surface area contributed by atoms with Gasteiger partial charge in [0.2, 0.25) is 0 Å². The number of nitrogens with zero attached hydrogens (tertiary/aromatic N) is 1. The normalized spacial score (nSPS) is 17.1. The van der Waals surface area contributed by atoms with E-state index < -0.39 is 11.9 Å². The molecule has 1 unspecified atom stereocenters. The number of hydrogen-bond acceptors (Lipinski definition) is 3. The van der Waals surface area contributed by atoms with Crippen LogP contribution in [-0.4, -0.2) is 54.7 Å². The molecule has 1 aliphatic rings. The molecule has 0 aromatic rings. The zero-order valence-corrected chi connectivity index (χ0v) is 12.5. The third kappa shape index (κ3) is 6.23. The lowest BCUT2D eigenvalue weighted by Crippen LogP contribution is -2.42. The van der Waals surface area contributed by atoms with Crippen molar-refractivity contribution in [1.82, 2.24) is 15.5 Å². The highest BCUT2D eigenvalue weighted by Gasteiger charge is 2.21. The molecule has 0 bridgehead atoms. The van der Waals surface area contributed by atoms with Gasteiger partial charge in [-0.3, -0.25) is 4.79 Å². The molecule has 3 N–H and O–H groups in total. The van der Waals surface area contributed by atoms with E-state index in [-0.39, 0.29) is 18.5 Å². The van der Waals surface area contributed by atoms with E-state index in [1.165, 1.54) is 25.9 Å². The van der Waals surface area contributed by atoms with Crippen LogP contribution >= 0.6 is 0 Å². The van der Waals surface area contributed by atoms with E-state index in [0.29, 0.717) is 6.54 Å². The Morgan fingerprint density at radius 2 is 1.85 bits per heavy atom. The SMILES string of the molecule is CC(C)C(CNC(=O)NCCCN1CCCC1)C(=O)O. The van der Waals surface area contributed by atoms with Gasteiger partial charge in [0.1, 0.15) is 0 Å². The van der Waals surface area contributed by atoms with E-state index in [0.717, 1.165) is 13.0 Å². The maximum atomic E-state index is 11.6. The molecule has 1 atom stereocenters. The predicted molar refractivity (Wildman–Crippen MR) is 77.7 cm³/mol. The van der Waals surface area contributed by atoms with E-state index in [1.807, 2.05) is 13.8 Å². The first-order chi connectivity index (χ1) is 9.50. The predicted octanol–water partition coefficient (Wildman–Crippen LogP) is 1.13. The minimum Gasteiger partial charge on any atom is -0.481 e. The van der Waals surface area contributed by atoms with Gasteiger partial charge in [-0.05, 0) is 44.8 Å². The second kappa shape index (κ2) is 8.79. The van der Waals surface area contributed by atoms with Crippen molar-refractivity contribution in [3.05, 3.63) is 0 Å². The number of hydrogen-bond donors (Lipinski definition) is 3. The van der Waals surface area contributed by atoms with Gasteiger partial charge in [-0.25, -0.2) is 4.79 Å². The molecule has 1 heterocycles. The molecule has 1 aliphatic heterocycles. The van der Waals surface area contributed by atoms with Crippen molar-refractivity contribution >= 4 is 12.0 Å². The van der Waals surface area contributed by atoms with E-state index >= 15 is 0 Å². The maximum Gasteiger partial charge on any atom is 0.314 e. The van der Waals surface area contributed by atoms with Crippen LogP contribution < -0.4 is 10.6 Å². The largest absolute Gasteiger partial charge is 0.481 e. The van der Waals surface area contributed by atoms with Crippen LogP contribution in [0.15, 0.2) is 0 Å². The number of carboxylic acid groups (broad SMARTS) is 1. The van der Waals surface area contributed by atoms with Crippen molar-refractivity contribution in [2.45, 2.75) is 33.1 Å². The van der Waals surface area contributed by atoms with Crippen LogP contribution in [0, 0.1) is 11.8 Å². The van der Waals surface area contributed by atoms with E-state index in [1.54, 1.807) is 0 Å². The lowest BCUT2D eigenvalue weighted by Gasteiger charge is -2.17. The molecule has 0 spiro atoms. The molecule has 6 heteroatoms. The van der Waals surface area contributed by atoms with Crippen molar-refractivity contribution in [2.24, 2.45) is 11.8 Å². The number of carbonyl (C=O) groups excluding carboxylic acids is 1. The Morgan fingerprint density at radius 1 is 1.20 bits per heavy atom. The number of carboxylic acids is 1. The van der Waals surface area contributed by atoms with Crippen molar-refractivity contribution in [1.29, 1.82) is 0 Å². The molecule has 0 aliphatic carbocycles. The number of urea groups is 1. The average molecular weight is 285 g/mol. The summed E-state index contributed by atoms with van der Waals surface area (Å²) >= 11 is 0. The summed E-state index contributed by atoms with van der Waals surface area (Å²) in [5.74, 6) is -1.40. The Kier molecular flexibility index (Phi) is 7.36. The molecular weight excluding hydrogens is 258 g/mol. The summed E-state index contributed by atoms with van der Waals surface area (Å²) < 4.78 is 0. The first-order valence-electron chi connectivity index (χ1n) is 7.47. The summed E-state index contributed by atoms with van der Waals surface area (Å²) in [7, 11) is 0. The van der Waals surface area contributed by atoms with Gasteiger partial charge >= 0.3 is 12.0 Å². The number of rotatable bonds is 8. The zero-order chi connectivity index (χ0) is 15.0. The highest BCUT2D eigenvalue weighted by atomic mass is 16.4. The summed E-state index contributed by atoms with van der Waals surface area (Å²) in [5.41, 5.74) is 0. The van der Waals surface area contributed by atoms with Crippen molar-refractivity contribution in [3.8, 4) is 0 Å². The van der Waals surface area contributed by atoms with Crippen LogP contribution in [-0.2, 0) is 4.79 Å². The van der Waals surface area contributed by atoms with Gasteiger partial charge in [0.05, 0.1) is 5.92 Å². The highest BCUT2D eigenvalue weighted by Crippen LogP contribution is 2.09. The number of likely N-dealkylation sites (tertiary alicyclic amines) is 1. The topological polar surface area (TPSA) is 81.7 Å². The van der Waals surface area contributed by atoms with Gasteiger partial charge in [0.15, 0.2) is 0 Å². The van der Waals surface area contributed by atoms with E-state index in [2.05, 4.69) is 15.5 Å². The minimum absolute atomic E-state index is 0.00275. The van der Waals surface area contributed by atoms with Crippen LogP contribution in [0.4, 0.5) is 4.79 Å². The Bertz CT molecular complexity index is 315. The van der Waals surface area contributed by atoms with Gasteiger partial charge in [0, 0.05) is 13.1 Å². The lowest BCUT2D eigenvalue weighted by atomic mass is 9.96. The van der Waals surface area contributed by atoms with Gasteiger partial charge in [-0.2, -0.15) is 0 Å². The van der Waals surface area contributed by atoms with Crippen molar-refractivity contribution < 1.29 is 14.7 Å². The third-order valence-corrected chi connectivity index (χ3v) is 3.74. The van der Waals surface area contributed by atoms with Crippen LogP contribution in [0.5, 0.6) is 0 Å². The maximum absolute atomic E-state index is 11.6. The Hall–Kier alpha value is -1.30. The van der Waals surface area contributed by atoms with E-state index in [4.69, 9.17) is 5.11 Å². The molecule has 0 aromatic carbocycles. The quantitative estimate of drug-likeness (QED) is 0.584. The molecular formula is C14H27N3O3. The zero-order valence-electron chi connectivity index (χ0n) is 12.5. The first kappa shape index (κ1) is 16.8. The molecule has 0 saturated carbocycles. The fourth-order valence-corrected chi connectivity index (χ4v) is 2.38. The summed E-state index contributed by atoms with van der Waals surface area (Å²) in [4.78, 5) is 24.9. The molecule has 1 saturated heterocycles. The van der Waals surface area contributed by atoms with Crippen LogP contribution in [0.2, 0.25) is 0 Å². The van der Waals surface area contributed by atoms with Gasteiger partial charge in [-0.15, -0.1) is 0 Å². The number of carbonyl (C=O) groups is 2. The Labute approximate surface area is 120 Å². The molecule has 0 aromatic heterocycles. The standard InChI is InChI=1S/C14H27N3O3/c1-11(2)12(13(18)19)10-16-14(20)15-6-5-9-17-7-3-4-8-17/h11-12H,3-10H2,1-2H3,(H,18,19)(H2,15,16,20). The first-order valence-corrected chi connectivity index (χ1v) is 7.47. The van der Waals surface area contributed by atoms with Crippen molar-refractivity contribution in [2.75, 3.05) is 32.7 Å². The number of amides is 2. The fraction of sp³-hybridized carbons (Fsp3) is 0.857. The van der Waals surface area contributed by atoms with Gasteiger partial charge < -0.3 is 20.6 Å². The summed E-state index contributed by atoms with van der Waals surface area (Å²) in [6, 6.07) is -0.279. The molecule has 1 fully saturated rings. The van der Waals surface area contributed by atoms with Crippen LogP contribution in [0.1, 0.15) is 33.1 Å². The Balaban J connectivity index is 2.08. The Morgan fingerprint density at radius 3 is 2.40 bits per heavy atom. The van der Waals surface area contributed by atoms with Crippen LogP contribution in [0.25, 0.3) is 0 Å². The highest BCUT2D eigenvalue weighted by molar-refractivity contribution is 5.75. The average Bonchev–Trinajstić information content (AvgIpc) is 2.87. The molecule has 6 nitrogen and oxygen atoms in total. The van der Waals surface area contributed by atoms with Crippen LogP contribution in [0.3, 0.4) is 0 Å². The number of aliphatic carboxylic acids is 1. The molecule has 1 rings (SSSR count). The number of nitrogens with one attached hydrogen (secondary N) is 2. The molecule has 116 valence electrons. The fourth-order valence-electron chi connectivity index (χ4n) is 2.38. The molecule has 20 heavy (non-hydrogen) atoms. The van der Waals surface area contributed by atoms with E-state index in [9.17, 15) is 9.59 Å². The molecule has 2 amide bonds.